The van der Waals surface area contributed by atoms with Gasteiger partial charge in [-0.05, 0) is 68.5 Å². The Balaban J connectivity index is 0.925. The molecule has 4 heterocycles. The van der Waals surface area contributed by atoms with Gasteiger partial charge in [-0.25, -0.2) is 4.79 Å². The van der Waals surface area contributed by atoms with Crippen LogP contribution in [0.3, 0.4) is 0 Å². The second-order valence-electron chi connectivity index (χ2n) is 14.2. The summed E-state index contributed by atoms with van der Waals surface area (Å²) >= 11 is 0. The van der Waals surface area contributed by atoms with Crippen LogP contribution in [0.5, 0.6) is 0 Å². The summed E-state index contributed by atoms with van der Waals surface area (Å²) in [5.41, 5.74) is 6.69. The predicted octanol–water partition coefficient (Wildman–Crippen LogP) is 5.00. The van der Waals surface area contributed by atoms with Gasteiger partial charge < -0.3 is 25.0 Å². The summed E-state index contributed by atoms with van der Waals surface area (Å²) in [6.45, 7) is 4.15. The van der Waals surface area contributed by atoms with Crippen LogP contribution in [0.25, 0.3) is 11.1 Å². The molecule has 55 heavy (non-hydrogen) atoms. The fourth-order valence-corrected chi connectivity index (χ4v) is 7.80. The number of imide groups is 1. The third-order valence-electron chi connectivity index (χ3n) is 10.5. The lowest BCUT2D eigenvalue weighted by molar-refractivity contribution is -0.137. The number of urea groups is 1. The summed E-state index contributed by atoms with van der Waals surface area (Å²) in [6, 6.07) is 19.2. The number of rotatable bonds is 12. The highest BCUT2D eigenvalue weighted by atomic mass is 16.5. The predicted molar refractivity (Wildman–Crippen MR) is 203 cm³/mol. The molecule has 1 saturated heterocycles. The lowest BCUT2D eigenvalue weighted by Gasteiger charge is -2.41. The summed E-state index contributed by atoms with van der Waals surface area (Å²) in [5, 5.41) is 12.3. The monoisotopic (exact) mass is 745 g/mol. The Morgan fingerprint density at radius 3 is 2.49 bits per heavy atom. The van der Waals surface area contributed by atoms with Crippen molar-refractivity contribution in [2.24, 2.45) is 0 Å². The molecule has 0 spiro atoms. The van der Waals surface area contributed by atoms with E-state index in [1.54, 1.807) is 35.0 Å². The van der Waals surface area contributed by atoms with E-state index in [1.807, 2.05) is 62.4 Å². The minimum absolute atomic E-state index is 0.148. The van der Waals surface area contributed by atoms with E-state index < -0.39 is 18.0 Å². The van der Waals surface area contributed by atoms with Gasteiger partial charge in [0.25, 0.3) is 5.91 Å². The maximum atomic E-state index is 13.8. The number of unbranched alkanes of at least 4 members (excludes halogenated alkanes) is 2. The van der Waals surface area contributed by atoms with Gasteiger partial charge in [0, 0.05) is 60.9 Å². The van der Waals surface area contributed by atoms with Crippen molar-refractivity contribution >= 4 is 46.9 Å². The van der Waals surface area contributed by atoms with E-state index in [-0.39, 0.29) is 62.0 Å². The lowest BCUT2D eigenvalue weighted by atomic mass is 9.90. The second kappa shape index (κ2) is 15.6. The fourth-order valence-electron chi connectivity index (χ4n) is 7.80. The lowest BCUT2D eigenvalue weighted by Crippen LogP contribution is -2.52. The largest absolute Gasteiger partial charge is 0.361 e. The number of anilines is 2. The molecule has 0 bridgehead atoms. The van der Waals surface area contributed by atoms with Crippen LogP contribution in [0.1, 0.15) is 83.1 Å². The molecule has 0 radical (unpaired) electrons. The molecule has 3 N–H and O–H groups in total. The first kappa shape index (κ1) is 37.0. The first-order valence-electron chi connectivity index (χ1n) is 18.5. The maximum absolute atomic E-state index is 13.8. The summed E-state index contributed by atoms with van der Waals surface area (Å²) in [5.74, 6) is -0.940. The van der Waals surface area contributed by atoms with Crippen LogP contribution in [-0.4, -0.2) is 76.7 Å². The molecule has 1 aromatic heterocycles. The smallest absolute Gasteiger partial charge is 0.325 e. The van der Waals surface area contributed by atoms with Crippen LogP contribution >= 0.6 is 0 Å². The van der Waals surface area contributed by atoms with Crippen LogP contribution < -0.4 is 20.9 Å². The number of amides is 7. The summed E-state index contributed by atoms with van der Waals surface area (Å²) in [4.78, 5) is 81.8. The fraction of sp³-hybridized carbons (Fsp3) is 0.341. The Morgan fingerprint density at radius 2 is 1.75 bits per heavy atom. The number of carbonyl (C=O) groups is 6. The molecule has 0 aliphatic carbocycles. The van der Waals surface area contributed by atoms with Crippen molar-refractivity contribution in [3.05, 3.63) is 100 Å². The molecule has 14 nitrogen and oxygen atoms in total. The molecule has 2 atom stereocenters. The van der Waals surface area contributed by atoms with Gasteiger partial charge in [-0.2, -0.15) is 0 Å². The number of nitrogens with one attached hydrogen (secondary N) is 3. The third kappa shape index (κ3) is 7.44. The molecular weight excluding hydrogens is 702 g/mol. The highest BCUT2D eigenvalue weighted by Gasteiger charge is 2.41. The van der Waals surface area contributed by atoms with Gasteiger partial charge in [-0.15, -0.1) is 0 Å². The van der Waals surface area contributed by atoms with Gasteiger partial charge in [0.2, 0.25) is 23.6 Å². The van der Waals surface area contributed by atoms with E-state index in [0.29, 0.717) is 48.4 Å². The molecule has 3 aromatic carbocycles. The van der Waals surface area contributed by atoms with Gasteiger partial charge in [0.1, 0.15) is 18.3 Å². The Bertz CT molecular complexity index is 2160. The Hall–Kier alpha value is -6.31. The number of aryl methyl sites for hydroxylation is 2. The molecule has 0 saturated carbocycles. The van der Waals surface area contributed by atoms with Crippen molar-refractivity contribution < 1.29 is 33.3 Å². The zero-order chi connectivity index (χ0) is 38.8. The van der Waals surface area contributed by atoms with Gasteiger partial charge in [-0.3, -0.25) is 34.2 Å². The van der Waals surface area contributed by atoms with Crippen LogP contribution in [-0.2, 0) is 25.7 Å². The van der Waals surface area contributed by atoms with E-state index in [0.717, 1.165) is 33.6 Å². The van der Waals surface area contributed by atoms with Crippen molar-refractivity contribution in [1.82, 2.24) is 25.6 Å². The summed E-state index contributed by atoms with van der Waals surface area (Å²) < 4.78 is 5.43. The number of hydrogen-bond donors (Lipinski definition) is 3. The number of piperidine rings is 1. The van der Waals surface area contributed by atoms with Crippen molar-refractivity contribution in [1.29, 1.82) is 0 Å². The standard InChI is InChI=1S/C41H43N7O7/c1-24-37(25(2)55-45-24)27-16-17-32-29(21-27)38(26-11-6-4-7-12-26)48(41(54)46(32)3)23-36(51)42-20-9-5-8-15-34(49)43-31-14-10-13-28-30(31)22-47(40(28)53)33-18-19-35(50)44-39(33)52/h4,6-7,10-14,16-17,21,33,38H,5,8-9,15,18-20,22-23H2,1-3H3,(H,42,51)(H,43,49)(H,44,50,52). The zero-order valence-electron chi connectivity index (χ0n) is 31.0. The minimum atomic E-state index is -0.738. The highest BCUT2D eigenvalue weighted by molar-refractivity contribution is 6.07. The number of aromatic nitrogens is 1. The van der Waals surface area contributed by atoms with E-state index in [4.69, 9.17) is 4.52 Å². The maximum Gasteiger partial charge on any atom is 0.325 e. The Morgan fingerprint density at radius 1 is 0.945 bits per heavy atom. The van der Waals surface area contributed by atoms with Crippen molar-refractivity contribution in [3.63, 3.8) is 0 Å². The Kier molecular flexibility index (Phi) is 10.5. The number of carbonyl (C=O) groups excluding carboxylic acids is 6. The third-order valence-corrected chi connectivity index (χ3v) is 10.5. The SMILES string of the molecule is Cc1noc(C)c1-c1ccc2c(c1)C(c1ccccc1)N(CC(=O)NCCCCCC(=O)Nc1cccc3c1CN(C1CCC(=O)NC1=O)C3=O)C(=O)N2C. The van der Waals surface area contributed by atoms with Gasteiger partial charge in [-0.1, -0.05) is 54.0 Å². The Labute approximate surface area is 318 Å². The van der Waals surface area contributed by atoms with Gasteiger partial charge in [0.05, 0.1) is 17.4 Å². The molecule has 1 fully saturated rings. The molecule has 14 heteroatoms. The zero-order valence-corrected chi connectivity index (χ0v) is 31.0. The van der Waals surface area contributed by atoms with E-state index >= 15 is 0 Å². The van der Waals surface area contributed by atoms with Crippen LogP contribution in [0.15, 0.2) is 71.3 Å². The average Bonchev–Trinajstić information content (AvgIpc) is 3.69. The molecule has 7 amide bonds. The highest BCUT2D eigenvalue weighted by Crippen LogP contribution is 2.42. The number of fused-ring (bicyclic) bond motifs is 2. The molecule has 7 rings (SSSR count). The second-order valence-corrected chi connectivity index (χ2v) is 14.2. The van der Waals surface area contributed by atoms with E-state index in [1.165, 1.54) is 4.90 Å². The summed E-state index contributed by atoms with van der Waals surface area (Å²) in [6.07, 6.45) is 2.55. The molecule has 4 aromatic rings. The van der Waals surface area contributed by atoms with Gasteiger partial charge in [0.15, 0.2) is 0 Å². The van der Waals surface area contributed by atoms with Crippen LogP contribution in [0, 0.1) is 13.8 Å². The van der Waals surface area contributed by atoms with E-state index in [9.17, 15) is 28.8 Å². The molecule has 2 unspecified atom stereocenters. The average molecular weight is 746 g/mol. The van der Waals surface area contributed by atoms with Crippen LogP contribution in [0.4, 0.5) is 16.2 Å². The number of benzene rings is 3. The van der Waals surface area contributed by atoms with Crippen LogP contribution in [0.2, 0.25) is 0 Å². The first-order chi connectivity index (χ1) is 26.5. The van der Waals surface area contributed by atoms with E-state index in [2.05, 4.69) is 21.1 Å². The van der Waals surface area contributed by atoms with Crippen molar-refractivity contribution in [2.45, 2.75) is 71.0 Å². The van der Waals surface area contributed by atoms with Crippen molar-refractivity contribution in [3.8, 4) is 11.1 Å². The normalized spacial score (nSPS) is 17.9. The van der Waals surface area contributed by atoms with Gasteiger partial charge >= 0.3 is 6.03 Å². The number of hydrogen-bond acceptors (Lipinski definition) is 8. The molecule has 3 aliphatic heterocycles. The topological polar surface area (TPSA) is 174 Å². The number of nitrogens with zero attached hydrogens (tertiary/aromatic N) is 4. The first-order valence-corrected chi connectivity index (χ1v) is 18.5. The molecule has 284 valence electrons. The van der Waals surface area contributed by atoms with Crippen molar-refractivity contribution in [2.75, 3.05) is 30.4 Å². The molecular formula is C41H43N7O7. The molecule has 3 aliphatic rings. The minimum Gasteiger partial charge on any atom is -0.361 e. The quantitative estimate of drug-likeness (QED) is 0.134. The summed E-state index contributed by atoms with van der Waals surface area (Å²) in [7, 11) is 1.71.